The van der Waals surface area contributed by atoms with Gasteiger partial charge in [0.25, 0.3) is 6.43 Å². The van der Waals surface area contributed by atoms with E-state index in [1.54, 1.807) is 0 Å². The van der Waals surface area contributed by atoms with Crippen molar-refractivity contribution in [2.75, 3.05) is 0 Å². The molecule has 15 heavy (non-hydrogen) atoms. The molecule has 1 aromatic rings. The molecule has 0 saturated heterocycles. The minimum Gasteiger partial charge on any atom is -0.319 e. The van der Waals surface area contributed by atoms with Crippen LogP contribution in [0.15, 0.2) is 12.1 Å². The quantitative estimate of drug-likeness (QED) is 0.631. The largest absolute Gasteiger partial charge is 0.319 e. The molecule has 1 rings (SSSR count). The second kappa shape index (κ2) is 5.27. The lowest BCUT2D eigenvalue weighted by atomic mass is 10.1. The van der Waals surface area contributed by atoms with Crippen LogP contribution in [-0.4, -0.2) is 6.43 Å². The van der Waals surface area contributed by atoms with Crippen LogP contribution in [0.1, 0.15) is 11.6 Å². The van der Waals surface area contributed by atoms with Crippen LogP contribution in [-0.2, 0) is 0 Å². The smallest absolute Gasteiger partial charge is 0.257 e. The molecule has 0 unspecified atom stereocenters. The average Bonchev–Trinajstić information content (AvgIpc) is 2.13. The van der Waals surface area contributed by atoms with Crippen molar-refractivity contribution >= 4 is 12.4 Å². The Morgan fingerprint density at radius 2 is 1.53 bits per heavy atom. The van der Waals surface area contributed by atoms with Gasteiger partial charge in [0.05, 0.1) is 6.04 Å². The van der Waals surface area contributed by atoms with Gasteiger partial charge in [0.2, 0.25) is 0 Å². The SMILES string of the molecule is Cl.N[C@@H](c1ccc(F)c(F)c1F)C(F)F. The van der Waals surface area contributed by atoms with Crippen LogP contribution in [0.25, 0.3) is 0 Å². The topological polar surface area (TPSA) is 26.0 Å². The van der Waals surface area contributed by atoms with E-state index in [2.05, 4.69) is 0 Å². The van der Waals surface area contributed by atoms with Crippen molar-refractivity contribution in [3.63, 3.8) is 0 Å². The fourth-order valence-electron chi connectivity index (χ4n) is 0.934. The number of halogens is 6. The summed E-state index contributed by atoms with van der Waals surface area (Å²) >= 11 is 0. The third-order valence-electron chi connectivity index (χ3n) is 1.70. The van der Waals surface area contributed by atoms with Gasteiger partial charge in [-0.25, -0.2) is 22.0 Å². The lowest BCUT2D eigenvalue weighted by Gasteiger charge is -2.11. The van der Waals surface area contributed by atoms with E-state index in [1.165, 1.54) is 0 Å². The maximum atomic E-state index is 12.8. The fourth-order valence-corrected chi connectivity index (χ4v) is 0.934. The van der Waals surface area contributed by atoms with Crippen LogP contribution in [0.3, 0.4) is 0 Å². The third kappa shape index (κ3) is 2.79. The predicted octanol–water partition coefficient (Wildman–Crippen LogP) is 2.79. The van der Waals surface area contributed by atoms with Gasteiger partial charge in [-0.3, -0.25) is 0 Å². The van der Waals surface area contributed by atoms with E-state index in [1.807, 2.05) is 0 Å². The first-order chi connectivity index (χ1) is 6.45. The monoisotopic (exact) mass is 247 g/mol. The van der Waals surface area contributed by atoms with Crippen molar-refractivity contribution in [1.29, 1.82) is 0 Å². The van der Waals surface area contributed by atoms with Gasteiger partial charge in [-0.1, -0.05) is 6.07 Å². The highest BCUT2D eigenvalue weighted by molar-refractivity contribution is 5.85. The van der Waals surface area contributed by atoms with Crippen LogP contribution in [0.5, 0.6) is 0 Å². The molecule has 2 N–H and O–H groups in total. The first kappa shape index (κ1) is 14.1. The summed E-state index contributed by atoms with van der Waals surface area (Å²) in [6, 6.07) is -0.703. The Bertz CT molecular complexity index is 344. The number of nitrogens with two attached hydrogens (primary N) is 1. The van der Waals surface area contributed by atoms with E-state index in [0.717, 1.165) is 0 Å². The van der Waals surface area contributed by atoms with Gasteiger partial charge in [0.15, 0.2) is 17.5 Å². The summed E-state index contributed by atoms with van der Waals surface area (Å²) in [6.45, 7) is 0. The Balaban J connectivity index is 0.00000196. The summed E-state index contributed by atoms with van der Waals surface area (Å²) in [5.41, 5.74) is 4.14. The molecule has 0 fully saturated rings. The van der Waals surface area contributed by atoms with Crippen LogP contribution >= 0.6 is 12.4 Å². The van der Waals surface area contributed by atoms with Gasteiger partial charge in [-0.2, -0.15) is 0 Å². The van der Waals surface area contributed by atoms with Gasteiger partial charge in [-0.05, 0) is 6.07 Å². The van der Waals surface area contributed by atoms with Gasteiger partial charge >= 0.3 is 0 Å². The summed E-state index contributed by atoms with van der Waals surface area (Å²) in [4.78, 5) is 0. The van der Waals surface area contributed by atoms with Gasteiger partial charge in [0, 0.05) is 5.56 Å². The Hall–Kier alpha value is -0.880. The summed E-state index contributed by atoms with van der Waals surface area (Å²) in [5, 5.41) is 0. The number of hydrogen-bond acceptors (Lipinski definition) is 1. The number of alkyl halides is 2. The molecule has 0 aliphatic rings. The standard InChI is InChI=1S/C8H6F5N.ClH/c9-4-2-1-3(5(10)6(4)11)7(14)8(12)13;/h1-2,7-8H,14H2;1H/t7-;/m0./s1. The highest BCUT2D eigenvalue weighted by Crippen LogP contribution is 2.23. The zero-order valence-electron chi connectivity index (χ0n) is 7.18. The van der Waals surface area contributed by atoms with Crippen molar-refractivity contribution < 1.29 is 22.0 Å². The summed E-state index contributed by atoms with van der Waals surface area (Å²) < 4.78 is 61.8. The lowest BCUT2D eigenvalue weighted by molar-refractivity contribution is 0.114. The minimum absolute atomic E-state index is 0. The molecule has 1 nitrogen and oxygen atoms in total. The van der Waals surface area contributed by atoms with Gasteiger partial charge < -0.3 is 5.73 Å². The molecule has 0 aliphatic carbocycles. The Morgan fingerprint density at radius 1 is 1.00 bits per heavy atom. The van der Waals surface area contributed by atoms with Crippen LogP contribution in [0.4, 0.5) is 22.0 Å². The van der Waals surface area contributed by atoms with Crippen LogP contribution in [0, 0.1) is 17.5 Å². The zero-order valence-corrected chi connectivity index (χ0v) is 8.00. The number of hydrogen-bond donors (Lipinski definition) is 1. The van der Waals surface area contributed by atoms with Crippen LogP contribution < -0.4 is 5.73 Å². The highest BCUT2D eigenvalue weighted by atomic mass is 35.5. The highest BCUT2D eigenvalue weighted by Gasteiger charge is 2.24. The normalized spacial score (nSPS) is 12.5. The van der Waals surface area contributed by atoms with E-state index >= 15 is 0 Å². The molecular formula is C8H7ClF5N. The fraction of sp³-hybridized carbons (Fsp3) is 0.250. The maximum Gasteiger partial charge on any atom is 0.257 e. The molecule has 0 aromatic heterocycles. The molecule has 7 heteroatoms. The molecule has 1 atom stereocenters. The van der Waals surface area contributed by atoms with E-state index < -0.39 is 35.5 Å². The second-order valence-corrected chi connectivity index (χ2v) is 2.62. The predicted molar refractivity (Wildman–Crippen MR) is 46.5 cm³/mol. The van der Waals surface area contributed by atoms with Gasteiger partial charge in [0.1, 0.15) is 0 Å². The van der Waals surface area contributed by atoms with Gasteiger partial charge in [-0.15, -0.1) is 12.4 Å². The Labute approximate surface area is 88.5 Å². The van der Waals surface area contributed by atoms with E-state index in [9.17, 15) is 22.0 Å². The van der Waals surface area contributed by atoms with E-state index in [0.29, 0.717) is 12.1 Å². The van der Waals surface area contributed by atoms with Crippen molar-refractivity contribution in [2.45, 2.75) is 12.5 Å². The molecule has 0 heterocycles. The summed E-state index contributed by atoms with van der Waals surface area (Å²) in [6.07, 6.45) is -3.03. The molecule has 0 amide bonds. The Kier molecular flexibility index (Phi) is 4.96. The first-order valence-electron chi connectivity index (χ1n) is 3.62. The molecule has 0 spiro atoms. The average molecular weight is 248 g/mol. The molecule has 86 valence electrons. The minimum atomic E-state index is -3.03. The molecule has 0 bridgehead atoms. The van der Waals surface area contributed by atoms with E-state index in [4.69, 9.17) is 5.73 Å². The van der Waals surface area contributed by atoms with Crippen molar-refractivity contribution in [2.24, 2.45) is 5.73 Å². The van der Waals surface area contributed by atoms with Crippen molar-refractivity contribution in [3.8, 4) is 0 Å². The zero-order chi connectivity index (χ0) is 10.9. The molecular weight excluding hydrogens is 241 g/mol. The summed E-state index contributed by atoms with van der Waals surface area (Å²) in [5.74, 6) is -4.90. The first-order valence-corrected chi connectivity index (χ1v) is 3.62. The van der Waals surface area contributed by atoms with Crippen LogP contribution in [0.2, 0.25) is 0 Å². The molecule has 1 aromatic carbocycles. The Morgan fingerprint density at radius 3 is 2.00 bits per heavy atom. The van der Waals surface area contributed by atoms with Crippen molar-refractivity contribution in [1.82, 2.24) is 0 Å². The third-order valence-corrected chi connectivity index (χ3v) is 1.70. The number of rotatable bonds is 2. The number of benzene rings is 1. The van der Waals surface area contributed by atoms with E-state index in [-0.39, 0.29) is 12.4 Å². The molecule has 0 radical (unpaired) electrons. The summed E-state index contributed by atoms with van der Waals surface area (Å²) in [7, 11) is 0. The lowest BCUT2D eigenvalue weighted by Crippen LogP contribution is -2.21. The molecule has 0 aliphatic heterocycles. The van der Waals surface area contributed by atoms with Crippen molar-refractivity contribution in [3.05, 3.63) is 35.1 Å². The second-order valence-electron chi connectivity index (χ2n) is 2.62. The maximum absolute atomic E-state index is 12.8. The molecule has 0 saturated carbocycles.